The van der Waals surface area contributed by atoms with Crippen LogP contribution in [0.25, 0.3) is 0 Å². The predicted molar refractivity (Wildman–Crippen MR) is 106 cm³/mol. The summed E-state index contributed by atoms with van der Waals surface area (Å²) in [6.45, 7) is 8.73. The van der Waals surface area contributed by atoms with E-state index in [0.717, 1.165) is 31.8 Å². The van der Waals surface area contributed by atoms with E-state index >= 15 is 0 Å². The maximum atomic E-state index is 12.3. The first kappa shape index (κ1) is 24.0. The van der Waals surface area contributed by atoms with Gasteiger partial charge in [-0.05, 0) is 64.1 Å². The van der Waals surface area contributed by atoms with E-state index in [4.69, 9.17) is 0 Å². The number of amides is 1. The number of hydrogen-bond donors (Lipinski definition) is 2. The molecule has 0 spiro atoms. The highest BCUT2D eigenvalue weighted by molar-refractivity contribution is 5.85. The Morgan fingerprint density at radius 1 is 1.08 bits per heavy atom. The molecule has 2 fully saturated rings. The average molecular weight is 382 g/mol. The molecule has 4 nitrogen and oxygen atoms in total. The van der Waals surface area contributed by atoms with Crippen LogP contribution in [0.4, 0.5) is 0 Å². The van der Waals surface area contributed by atoms with Gasteiger partial charge in [-0.3, -0.25) is 4.79 Å². The van der Waals surface area contributed by atoms with E-state index in [1.807, 2.05) is 0 Å². The highest BCUT2D eigenvalue weighted by Crippen LogP contribution is 2.33. The normalized spacial score (nSPS) is 25.5. The second kappa shape index (κ2) is 13.2. The summed E-state index contributed by atoms with van der Waals surface area (Å²) in [5.41, 5.74) is 0. The Morgan fingerprint density at radius 2 is 1.75 bits per heavy atom. The largest absolute Gasteiger partial charge is 0.355 e. The highest BCUT2D eigenvalue weighted by atomic mass is 35.5. The molecule has 1 saturated carbocycles. The van der Waals surface area contributed by atoms with Gasteiger partial charge in [0, 0.05) is 12.6 Å². The lowest BCUT2D eigenvalue weighted by molar-refractivity contribution is -0.122. The topological polar surface area (TPSA) is 44.4 Å². The third kappa shape index (κ3) is 7.47. The number of hydrogen-bond acceptors (Lipinski definition) is 3. The quantitative estimate of drug-likeness (QED) is 0.601. The highest BCUT2D eigenvalue weighted by Gasteiger charge is 2.37. The number of nitrogens with zero attached hydrogens (tertiary/aromatic N) is 1. The Labute approximate surface area is 160 Å². The summed E-state index contributed by atoms with van der Waals surface area (Å²) in [7, 11) is 0. The zero-order chi connectivity index (χ0) is 15.8. The standard InChI is InChI=1S/C18H35N3O.2ClH/c1-3-11-21(12-4-2)13-7-10-19-18(22)17-14-15-8-5-6-9-16(15)20-17;;/h15-17,20H,3-14H2,1-2H3,(H,19,22);2*1H. The maximum absolute atomic E-state index is 12.3. The molecular formula is C18H37Cl2N3O. The van der Waals surface area contributed by atoms with Gasteiger partial charge in [0.1, 0.15) is 0 Å². The molecule has 1 amide bonds. The van der Waals surface area contributed by atoms with Crippen molar-refractivity contribution in [3.8, 4) is 0 Å². The molecule has 3 unspecified atom stereocenters. The number of carbonyl (C=O) groups is 1. The summed E-state index contributed by atoms with van der Waals surface area (Å²) in [6.07, 6.45) is 9.78. The van der Waals surface area contributed by atoms with Gasteiger partial charge in [0.25, 0.3) is 0 Å². The molecule has 2 aliphatic rings. The van der Waals surface area contributed by atoms with Crippen LogP contribution in [0.3, 0.4) is 0 Å². The first-order valence-electron chi connectivity index (χ1n) is 9.50. The molecule has 1 aliphatic carbocycles. The van der Waals surface area contributed by atoms with Crippen LogP contribution in [0, 0.1) is 5.92 Å². The molecule has 3 atom stereocenters. The molecule has 6 heteroatoms. The van der Waals surface area contributed by atoms with E-state index in [9.17, 15) is 4.79 Å². The van der Waals surface area contributed by atoms with Crippen molar-refractivity contribution in [1.29, 1.82) is 0 Å². The van der Waals surface area contributed by atoms with Gasteiger partial charge in [-0.2, -0.15) is 0 Å². The Kier molecular flexibility index (Phi) is 13.2. The van der Waals surface area contributed by atoms with Crippen molar-refractivity contribution in [1.82, 2.24) is 15.5 Å². The zero-order valence-corrected chi connectivity index (χ0v) is 17.0. The first-order chi connectivity index (χ1) is 10.7. The van der Waals surface area contributed by atoms with Crippen LogP contribution in [-0.2, 0) is 4.79 Å². The van der Waals surface area contributed by atoms with Crippen LogP contribution in [-0.4, -0.2) is 49.1 Å². The number of fused-ring (bicyclic) bond motifs is 1. The van der Waals surface area contributed by atoms with Crippen LogP contribution in [0.5, 0.6) is 0 Å². The second-order valence-electron chi connectivity index (χ2n) is 7.09. The third-order valence-corrected chi connectivity index (χ3v) is 5.21. The van der Waals surface area contributed by atoms with Crippen molar-refractivity contribution in [3.05, 3.63) is 0 Å². The van der Waals surface area contributed by atoms with E-state index < -0.39 is 0 Å². The minimum absolute atomic E-state index is 0. The first-order valence-corrected chi connectivity index (χ1v) is 9.50. The Hall–Kier alpha value is -0.0300. The van der Waals surface area contributed by atoms with E-state index in [2.05, 4.69) is 29.4 Å². The van der Waals surface area contributed by atoms with E-state index in [1.165, 1.54) is 51.6 Å². The van der Waals surface area contributed by atoms with Crippen molar-refractivity contribution in [2.45, 2.75) is 77.3 Å². The molecule has 0 aromatic rings. The Balaban J connectivity index is 0.00000264. The molecule has 0 bridgehead atoms. The maximum Gasteiger partial charge on any atom is 0.237 e. The fourth-order valence-corrected chi connectivity index (χ4v) is 4.13. The van der Waals surface area contributed by atoms with Gasteiger partial charge in [-0.15, -0.1) is 24.8 Å². The number of carbonyl (C=O) groups excluding carboxylic acids is 1. The smallest absolute Gasteiger partial charge is 0.237 e. The van der Waals surface area contributed by atoms with E-state index in [0.29, 0.717) is 6.04 Å². The molecule has 1 aliphatic heterocycles. The van der Waals surface area contributed by atoms with Gasteiger partial charge < -0.3 is 15.5 Å². The average Bonchev–Trinajstić information content (AvgIpc) is 2.95. The molecule has 2 rings (SSSR count). The fraction of sp³-hybridized carbons (Fsp3) is 0.944. The number of halogens is 2. The Bertz CT molecular complexity index is 324. The van der Waals surface area contributed by atoms with Crippen molar-refractivity contribution in [3.63, 3.8) is 0 Å². The van der Waals surface area contributed by atoms with Gasteiger partial charge in [0.2, 0.25) is 5.91 Å². The summed E-state index contributed by atoms with van der Waals surface area (Å²) in [5, 5.41) is 6.71. The summed E-state index contributed by atoms with van der Waals surface area (Å²) >= 11 is 0. The van der Waals surface area contributed by atoms with Crippen molar-refractivity contribution < 1.29 is 4.79 Å². The van der Waals surface area contributed by atoms with Crippen LogP contribution in [0.2, 0.25) is 0 Å². The summed E-state index contributed by atoms with van der Waals surface area (Å²) < 4.78 is 0. The summed E-state index contributed by atoms with van der Waals surface area (Å²) in [6, 6.07) is 0.671. The molecule has 0 aromatic carbocycles. The van der Waals surface area contributed by atoms with Crippen LogP contribution in [0.15, 0.2) is 0 Å². The second-order valence-corrected chi connectivity index (χ2v) is 7.09. The van der Waals surface area contributed by atoms with Crippen LogP contribution < -0.4 is 10.6 Å². The van der Waals surface area contributed by atoms with Gasteiger partial charge in [-0.25, -0.2) is 0 Å². The molecule has 0 radical (unpaired) electrons. The lowest BCUT2D eigenvalue weighted by atomic mass is 9.85. The lowest BCUT2D eigenvalue weighted by Crippen LogP contribution is -2.43. The fourth-order valence-electron chi connectivity index (χ4n) is 4.13. The van der Waals surface area contributed by atoms with Gasteiger partial charge in [0.15, 0.2) is 0 Å². The Morgan fingerprint density at radius 3 is 2.38 bits per heavy atom. The zero-order valence-electron chi connectivity index (χ0n) is 15.4. The SMILES string of the molecule is CCCN(CCC)CCCNC(=O)C1CC2CCCCC2N1.Cl.Cl. The molecule has 144 valence electrons. The molecule has 1 saturated heterocycles. The lowest BCUT2D eigenvalue weighted by Gasteiger charge is -2.24. The molecule has 1 heterocycles. The summed E-state index contributed by atoms with van der Waals surface area (Å²) in [5.74, 6) is 0.973. The third-order valence-electron chi connectivity index (χ3n) is 5.21. The minimum Gasteiger partial charge on any atom is -0.355 e. The van der Waals surface area contributed by atoms with Crippen LogP contribution in [0.1, 0.15) is 65.2 Å². The molecule has 0 aromatic heterocycles. The monoisotopic (exact) mass is 381 g/mol. The van der Waals surface area contributed by atoms with E-state index in [-0.39, 0.29) is 36.8 Å². The van der Waals surface area contributed by atoms with Crippen molar-refractivity contribution in [2.24, 2.45) is 5.92 Å². The molecular weight excluding hydrogens is 345 g/mol. The van der Waals surface area contributed by atoms with Crippen molar-refractivity contribution >= 4 is 30.7 Å². The van der Waals surface area contributed by atoms with Gasteiger partial charge in [-0.1, -0.05) is 26.7 Å². The van der Waals surface area contributed by atoms with Gasteiger partial charge >= 0.3 is 0 Å². The minimum atomic E-state index is 0. The van der Waals surface area contributed by atoms with Crippen molar-refractivity contribution in [2.75, 3.05) is 26.2 Å². The van der Waals surface area contributed by atoms with Gasteiger partial charge in [0.05, 0.1) is 6.04 Å². The molecule has 2 N–H and O–H groups in total. The number of rotatable bonds is 9. The van der Waals surface area contributed by atoms with Crippen LogP contribution >= 0.6 is 24.8 Å². The van der Waals surface area contributed by atoms with E-state index in [1.54, 1.807) is 0 Å². The predicted octanol–water partition coefficient (Wildman–Crippen LogP) is 3.38. The molecule has 24 heavy (non-hydrogen) atoms. The number of nitrogens with one attached hydrogen (secondary N) is 2. The summed E-state index contributed by atoms with van der Waals surface area (Å²) in [4.78, 5) is 14.8.